The van der Waals surface area contributed by atoms with E-state index in [0.29, 0.717) is 5.56 Å². The van der Waals surface area contributed by atoms with Crippen molar-refractivity contribution in [2.45, 2.75) is 33.2 Å². The Kier molecular flexibility index (Phi) is 6.01. The molecule has 128 valence electrons. The van der Waals surface area contributed by atoms with Gasteiger partial charge < -0.3 is 10.1 Å². The minimum Gasteiger partial charge on any atom is -0.452 e. The van der Waals surface area contributed by atoms with Crippen LogP contribution in [0.3, 0.4) is 0 Å². The Morgan fingerprint density at radius 3 is 2.54 bits per heavy atom. The van der Waals surface area contributed by atoms with E-state index in [1.165, 1.54) is 25.1 Å². The number of hydrogen-bond acceptors (Lipinski definition) is 6. The van der Waals surface area contributed by atoms with E-state index in [1.54, 1.807) is 20.8 Å². The second-order valence-corrected chi connectivity index (χ2v) is 5.85. The van der Waals surface area contributed by atoms with Crippen molar-refractivity contribution in [1.29, 1.82) is 5.26 Å². The van der Waals surface area contributed by atoms with Crippen molar-refractivity contribution in [1.82, 2.24) is 5.32 Å². The SMILES string of the molecule is Cc1cc(C(=O)OCC(=O)N[C@](C)(C#N)C(C)C)ccc1[N+](=O)[O-]. The van der Waals surface area contributed by atoms with Crippen LogP contribution in [0.25, 0.3) is 0 Å². The van der Waals surface area contributed by atoms with Crippen LogP contribution >= 0.6 is 0 Å². The lowest BCUT2D eigenvalue weighted by Gasteiger charge is -2.27. The first-order valence-electron chi connectivity index (χ1n) is 7.25. The number of hydrogen-bond donors (Lipinski definition) is 1. The summed E-state index contributed by atoms with van der Waals surface area (Å²) in [7, 11) is 0. The molecule has 0 spiro atoms. The number of carbonyl (C=O) groups is 2. The zero-order valence-corrected chi connectivity index (χ0v) is 14.0. The number of esters is 1. The number of nitrogens with one attached hydrogen (secondary N) is 1. The van der Waals surface area contributed by atoms with E-state index >= 15 is 0 Å². The van der Waals surface area contributed by atoms with Gasteiger partial charge in [0.05, 0.1) is 16.6 Å². The van der Waals surface area contributed by atoms with E-state index in [4.69, 9.17) is 10.00 Å². The van der Waals surface area contributed by atoms with Crippen LogP contribution in [0.2, 0.25) is 0 Å². The highest BCUT2D eigenvalue weighted by Crippen LogP contribution is 2.19. The number of nitriles is 1. The van der Waals surface area contributed by atoms with Crippen LogP contribution in [0.4, 0.5) is 5.69 Å². The van der Waals surface area contributed by atoms with Crippen LogP contribution < -0.4 is 5.32 Å². The van der Waals surface area contributed by atoms with Crippen LogP contribution in [0.1, 0.15) is 36.7 Å². The Balaban J connectivity index is 2.70. The maximum absolute atomic E-state index is 11.9. The summed E-state index contributed by atoms with van der Waals surface area (Å²) in [6, 6.07) is 5.81. The first kappa shape index (κ1) is 19.1. The van der Waals surface area contributed by atoms with Gasteiger partial charge in [0.1, 0.15) is 5.54 Å². The van der Waals surface area contributed by atoms with E-state index in [-0.39, 0.29) is 17.2 Å². The highest BCUT2D eigenvalue weighted by molar-refractivity contribution is 5.92. The lowest BCUT2D eigenvalue weighted by atomic mass is 9.90. The monoisotopic (exact) mass is 333 g/mol. The zero-order valence-electron chi connectivity index (χ0n) is 14.0. The van der Waals surface area contributed by atoms with E-state index in [0.717, 1.165) is 0 Å². The van der Waals surface area contributed by atoms with E-state index in [1.807, 2.05) is 6.07 Å². The minimum absolute atomic E-state index is 0.106. The molecule has 0 bridgehead atoms. The van der Waals surface area contributed by atoms with Gasteiger partial charge in [-0.05, 0) is 31.9 Å². The summed E-state index contributed by atoms with van der Waals surface area (Å²) in [6.45, 7) is 6.11. The average molecular weight is 333 g/mol. The molecule has 1 amide bonds. The molecule has 24 heavy (non-hydrogen) atoms. The summed E-state index contributed by atoms with van der Waals surface area (Å²) < 4.78 is 4.89. The van der Waals surface area contributed by atoms with Gasteiger partial charge in [-0.15, -0.1) is 0 Å². The fourth-order valence-electron chi connectivity index (χ4n) is 1.83. The summed E-state index contributed by atoms with van der Waals surface area (Å²) in [5.41, 5.74) is -0.743. The van der Waals surface area contributed by atoms with Gasteiger partial charge >= 0.3 is 5.97 Å². The lowest BCUT2D eigenvalue weighted by Crippen LogP contribution is -2.50. The molecule has 8 heteroatoms. The Labute approximate surface area is 139 Å². The van der Waals surface area contributed by atoms with Gasteiger partial charge in [-0.3, -0.25) is 14.9 Å². The van der Waals surface area contributed by atoms with Crippen LogP contribution in [0.15, 0.2) is 18.2 Å². The van der Waals surface area contributed by atoms with E-state index < -0.39 is 28.9 Å². The van der Waals surface area contributed by atoms with Crippen molar-refractivity contribution in [2.24, 2.45) is 5.92 Å². The topological polar surface area (TPSA) is 122 Å². The van der Waals surface area contributed by atoms with Gasteiger partial charge in [-0.25, -0.2) is 4.79 Å². The fourth-order valence-corrected chi connectivity index (χ4v) is 1.83. The summed E-state index contributed by atoms with van der Waals surface area (Å²) in [4.78, 5) is 33.9. The number of nitro groups is 1. The van der Waals surface area contributed by atoms with Crippen molar-refractivity contribution in [2.75, 3.05) is 6.61 Å². The number of rotatable bonds is 6. The Morgan fingerprint density at radius 2 is 2.08 bits per heavy atom. The van der Waals surface area contributed by atoms with Gasteiger partial charge in [0, 0.05) is 11.6 Å². The molecular formula is C16H19N3O5. The number of aryl methyl sites for hydroxylation is 1. The molecule has 0 saturated heterocycles. The number of amides is 1. The number of benzene rings is 1. The van der Waals surface area contributed by atoms with Crippen molar-refractivity contribution < 1.29 is 19.2 Å². The molecule has 0 radical (unpaired) electrons. The number of carbonyl (C=O) groups excluding carboxylic acids is 2. The van der Waals surface area contributed by atoms with Crippen LogP contribution in [0.5, 0.6) is 0 Å². The highest BCUT2D eigenvalue weighted by atomic mass is 16.6. The first-order chi connectivity index (χ1) is 11.1. The molecule has 1 aromatic rings. The summed E-state index contributed by atoms with van der Waals surface area (Å²) >= 11 is 0. The average Bonchev–Trinajstić information content (AvgIpc) is 2.51. The van der Waals surface area contributed by atoms with Crippen LogP contribution in [-0.4, -0.2) is 28.9 Å². The maximum Gasteiger partial charge on any atom is 0.338 e. The van der Waals surface area contributed by atoms with Crippen molar-refractivity contribution in [3.05, 3.63) is 39.4 Å². The highest BCUT2D eigenvalue weighted by Gasteiger charge is 2.30. The molecule has 0 unspecified atom stereocenters. The predicted octanol–water partition coefficient (Wildman–Crippen LogP) is 2.11. The molecular weight excluding hydrogens is 314 g/mol. The zero-order chi connectivity index (χ0) is 18.5. The molecule has 1 rings (SSSR count). The van der Waals surface area contributed by atoms with Crippen LogP contribution in [-0.2, 0) is 9.53 Å². The number of nitrogens with zero attached hydrogens (tertiary/aromatic N) is 2. The number of ether oxygens (including phenoxy) is 1. The molecule has 8 nitrogen and oxygen atoms in total. The van der Waals surface area contributed by atoms with Gasteiger partial charge in [0.25, 0.3) is 11.6 Å². The number of nitro benzene ring substituents is 1. The Morgan fingerprint density at radius 1 is 1.46 bits per heavy atom. The molecule has 0 saturated carbocycles. The summed E-state index contributed by atoms with van der Waals surface area (Å²) in [6.07, 6.45) is 0. The second-order valence-electron chi connectivity index (χ2n) is 5.85. The second kappa shape index (κ2) is 7.55. The van der Waals surface area contributed by atoms with Crippen molar-refractivity contribution >= 4 is 17.6 Å². The Hall–Kier alpha value is -2.95. The van der Waals surface area contributed by atoms with E-state index in [2.05, 4.69) is 5.32 Å². The molecule has 1 aromatic carbocycles. The molecule has 0 aliphatic carbocycles. The fraction of sp³-hybridized carbons (Fsp3) is 0.438. The first-order valence-corrected chi connectivity index (χ1v) is 7.25. The maximum atomic E-state index is 11.9. The van der Waals surface area contributed by atoms with Crippen LogP contribution in [0, 0.1) is 34.3 Å². The third kappa shape index (κ3) is 4.52. The molecule has 0 fully saturated rings. The summed E-state index contributed by atoms with van der Waals surface area (Å²) in [5.74, 6) is -1.49. The molecule has 0 aliphatic rings. The smallest absolute Gasteiger partial charge is 0.338 e. The summed E-state index contributed by atoms with van der Waals surface area (Å²) in [5, 5.41) is 22.4. The van der Waals surface area contributed by atoms with Crippen molar-refractivity contribution in [3.63, 3.8) is 0 Å². The normalized spacial score (nSPS) is 12.8. The van der Waals surface area contributed by atoms with Gasteiger partial charge in [-0.1, -0.05) is 13.8 Å². The molecule has 1 N–H and O–H groups in total. The third-order valence-electron chi connectivity index (χ3n) is 3.75. The Bertz CT molecular complexity index is 708. The third-order valence-corrected chi connectivity index (χ3v) is 3.75. The standard InChI is InChI=1S/C16H19N3O5/c1-10(2)16(4,9-17)18-14(20)8-24-15(21)12-5-6-13(19(22)23)11(3)7-12/h5-7,10H,8H2,1-4H3,(H,18,20)/t16-/m1/s1. The quantitative estimate of drug-likeness (QED) is 0.483. The van der Waals surface area contributed by atoms with Gasteiger partial charge in [0.2, 0.25) is 0 Å². The molecule has 0 aliphatic heterocycles. The lowest BCUT2D eigenvalue weighted by molar-refractivity contribution is -0.385. The minimum atomic E-state index is -1.06. The molecule has 1 atom stereocenters. The van der Waals surface area contributed by atoms with E-state index in [9.17, 15) is 19.7 Å². The van der Waals surface area contributed by atoms with Gasteiger partial charge in [-0.2, -0.15) is 5.26 Å². The largest absolute Gasteiger partial charge is 0.452 e. The molecule has 0 aromatic heterocycles. The molecule has 0 heterocycles. The van der Waals surface area contributed by atoms with Gasteiger partial charge in [0.15, 0.2) is 6.61 Å². The van der Waals surface area contributed by atoms with Crippen molar-refractivity contribution in [3.8, 4) is 6.07 Å². The predicted molar refractivity (Wildman–Crippen MR) is 85.1 cm³/mol.